The van der Waals surface area contributed by atoms with Gasteiger partial charge in [0.1, 0.15) is 52.7 Å². The number of hydrogen-bond donors (Lipinski definition) is 0. The van der Waals surface area contributed by atoms with Gasteiger partial charge >= 0.3 is 35.7 Å². The fourth-order valence-electron chi connectivity index (χ4n) is 7.60. The number of halogens is 2. The van der Waals surface area contributed by atoms with Crippen LogP contribution in [-0.2, 0) is 5.41 Å². The van der Waals surface area contributed by atoms with Gasteiger partial charge in [-0.05, 0) is 122 Å². The smallest absolute Gasteiger partial charge is 0.525 e. The number of hydrogen-bond acceptors (Lipinski definition) is 8. The maximum Gasteiger partial charge on any atom is 0.591 e. The van der Waals surface area contributed by atoms with Crippen LogP contribution in [-0.4, -0.2) is 42.5 Å². The van der Waals surface area contributed by atoms with Crippen LogP contribution in [0.1, 0.15) is 71.4 Å². The molecular formula is C51H66B6F2O8. The highest BCUT2D eigenvalue weighted by molar-refractivity contribution is 6.57. The van der Waals surface area contributed by atoms with Crippen LogP contribution in [0.3, 0.4) is 0 Å². The van der Waals surface area contributed by atoms with Crippen LogP contribution >= 0.6 is 0 Å². The Morgan fingerprint density at radius 1 is 0.463 bits per heavy atom. The first-order chi connectivity index (χ1) is 31.9. The second-order valence-electron chi connectivity index (χ2n) is 18.2. The van der Waals surface area contributed by atoms with Crippen molar-refractivity contribution in [3.8, 4) is 46.0 Å². The van der Waals surface area contributed by atoms with Crippen LogP contribution in [0, 0.1) is 6.92 Å². The molecule has 4 aliphatic heterocycles. The van der Waals surface area contributed by atoms with E-state index in [1.807, 2.05) is 107 Å². The van der Waals surface area contributed by atoms with E-state index in [-0.39, 0.29) is 33.9 Å². The predicted molar refractivity (Wildman–Crippen MR) is 281 cm³/mol. The van der Waals surface area contributed by atoms with Crippen LogP contribution in [0.5, 0.6) is 46.0 Å². The monoisotopic (exact) mass is 911 g/mol. The standard InChI is InChI=1S/2C11H9BO2.C11H15BO2.C9H21B.C8H9BO2.CH3BF2/c1-12-13-9-6-2-4-8-5-3-7-10(14-12)11(8)9;1-12-13-10-6-8-4-2-3-5-9(8)7-11(10)14-12;1-11(2,3)8-5-6-9-10(7-8)14-12(4)13-9;1-4-6-8-10(3)9-7-5-2;1-6-3-4-7-8(5-6)11-9(2)10-7;1-2(3)4/h2*2-7H,1H3;5-7H,1-4H3;4-9H2,1-3H3;3-5H,1-2H3;1H3. The molecule has 0 unspecified atom stereocenters. The molecule has 67 heavy (non-hydrogen) atoms. The fourth-order valence-corrected chi connectivity index (χ4v) is 7.60. The molecule has 4 heterocycles. The molecule has 16 heteroatoms. The van der Waals surface area contributed by atoms with Gasteiger partial charge in [-0.15, -0.1) is 0 Å². The molecule has 8 nitrogen and oxygen atoms in total. The van der Waals surface area contributed by atoms with Crippen LogP contribution in [0.15, 0.2) is 109 Å². The van der Waals surface area contributed by atoms with E-state index < -0.39 is 7.27 Å². The van der Waals surface area contributed by atoms with Gasteiger partial charge in [-0.1, -0.05) is 140 Å². The Hall–Kier alpha value is -5.51. The quantitative estimate of drug-likeness (QED) is 0.153. The summed E-state index contributed by atoms with van der Waals surface area (Å²) in [5.41, 5.74) is 2.62. The zero-order valence-corrected chi connectivity index (χ0v) is 41.6. The van der Waals surface area contributed by atoms with Gasteiger partial charge < -0.3 is 37.2 Å². The van der Waals surface area contributed by atoms with Crippen molar-refractivity contribution in [2.24, 2.45) is 0 Å². The zero-order valence-electron chi connectivity index (χ0n) is 41.6. The van der Waals surface area contributed by atoms with E-state index >= 15 is 0 Å². The van der Waals surface area contributed by atoms with Crippen molar-refractivity contribution in [2.75, 3.05) is 0 Å². The first kappa shape index (κ1) is 52.5. The summed E-state index contributed by atoms with van der Waals surface area (Å²) in [4.78, 5) is 0. The van der Waals surface area contributed by atoms with Crippen molar-refractivity contribution in [1.82, 2.24) is 0 Å². The lowest BCUT2D eigenvalue weighted by atomic mass is 9.46. The minimum absolute atomic E-state index is 0.133. The lowest BCUT2D eigenvalue weighted by Crippen LogP contribution is -2.28. The Kier molecular flexibility index (Phi) is 19.6. The number of aryl methyl sites for hydroxylation is 1. The number of unbranched alkanes of at least 4 members (excludes halogenated alkanes) is 2. The Morgan fingerprint density at radius 3 is 1.27 bits per heavy atom. The van der Waals surface area contributed by atoms with Crippen molar-refractivity contribution in [1.29, 1.82) is 0 Å². The topological polar surface area (TPSA) is 73.8 Å². The van der Waals surface area contributed by atoms with Gasteiger partial charge in [0.2, 0.25) is 0 Å². The third-order valence-electron chi connectivity index (χ3n) is 11.0. The molecule has 0 saturated carbocycles. The van der Waals surface area contributed by atoms with Gasteiger partial charge in [-0.25, -0.2) is 0 Å². The van der Waals surface area contributed by atoms with E-state index in [9.17, 15) is 8.63 Å². The molecule has 0 atom stereocenters. The molecule has 350 valence electrons. The molecule has 0 aromatic heterocycles. The van der Waals surface area contributed by atoms with Crippen molar-refractivity contribution >= 4 is 64.0 Å². The normalized spacial score (nSPS) is 12.9. The third kappa shape index (κ3) is 16.1. The van der Waals surface area contributed by atoms with Gasteiger partial charge in [0.05, 0.1) is 5.39 Å². The minimum atomic E-state index is -2.17. The molecule has 0 radical (unpaired) electrons. The Balaban J connectivity index is 0.000000155. The summed E-state index contributed by atoms with van der Waals surface area (Å²) in [6, 6.07) is 36.4. The van der Waals surface area contributed by atoms with E-state index in [1.165, 1.54) is 60.2 Å². The molecule has 4 aliphatic rings. The van der Waals surface area contributed by atoms with E-state index in [0.29, 0.717) is 0 Å². The SMILES string of the molecule is CB(F)F.CB1Oc2cc3ccccc3cc2O1.CB1Oc2ccc(C(C)(C)C)cc2O1.CB1Oc2ccc(C)cc2O1.CB1Oc2cccc3cccc(c23)O1.CCCCB(C)CCCC. The highest BCUT2D eigenvalue weighted by Gasteiger charge is 2.29. The van der Waals surface area contributed by atoms with Crippen molar-refractivity contribution < 1.29 is 45.9 Å². The third-order valence-corrected chi connectivity index (χ3v) is 11.0. The summed E-state index contributed by atoms with van der Waals surface area (Å²) in [6.07, 6.45) is 8.44. The molecule has 0 spiro atoms. The van der Waals surface area contributed by atoms with E-state index in [2.05, 4.69) is 77.8 Å². The zero-order chi connectivity index (χ0) is 48.7. The molecule has 0 amide bonds. The molecule has 0 bridgehead atoms. The van der Waals surface area contributed by atoms with Gasteiger partial charge in [0.15, 0.2) is 0 Å². The summed E-state index contributed by atoms with van der Waals surface area (Å²) in [5, 5.41) is 4.60. The second kappa shape index (κ2) is 25.0. The van der Waals surface area contributed by atoms with Crippen LogP contribution < -0.4 is 37.2 Å². The highest BCUT2D eigenvalue weighted by atomic mass is 19.2. The minimum Gasteiger partial charge on any atom is -0.525 e. The summed E-state index contributed by atoms with van der Waals surface area (Å²) in [7, 11) is -2.82. The van der Waals surface area contributed by atoms with Crippen molar-refractivity contribution in [2.45, 2.75) is 126 Å². The Bertz CT molecular complexity index is 2400. The molecule has 6 aromatic rings. The molecular weight excluding hydrogens is 843 g/mol. The summed E-state index contributed by atoms with van der Waals surface area (Å²) in [6.45, 7) is 24.9. The Labute approximate surface area is 400 Å². The first-order valence-corrected chi connectivity index (χ1v) is 23.8. The predicted octanol–water partition coefficient (Wildman–Crippen LogP) is 15.0. The molecule has 0 aliphatic carbocycles. The van der Waals surface area contributed by atoms with Crippen LogP contribution in [0.4, 0.5) is 8.63 Å². The number of benzene rings is 6. The number of fused-ring (bicyclic) bond motifs is 4. The average molecular weight is 910 g/mol. The molecule has 0 fully saturated rings. The highest BCUT2D eigenvalue weighted by Crippen LogP contribution is 2.40. The summed E-state index contributed by atoms with van der Waals surface area (Å²) >= 11 is 0. The van der Waals surface area contributed by atoms with Gasteiger partial charge in [0.25, 0.3) is 0 Å². The molecule has 6 aromatic carbocycles. The van der Waals surface area contributed by atoms with Crippen LogP contribution in [0.2, 0.25) is 53.6 Å². The maximum absolute atomic E-state index is 10.3. The largest absolute Gasteiger partial charge is 0.591 e. The average Bonchev–Trinajstić information content (AvgIpc) is 3.97. The van der Waals surface area contributed by atoms with Gasteiger partial charge in [-0.3, -0.25) is 8.63 Å². The van der Waals surface area contributed by atoms with E-state index in [1.54, 1.807) is 0 Å². The van der Waals surface area contributed by atoms with E-state index in [0.717, 1.165) is 70.3 Å². The molecule has 0 N–H and O–H groups in total. The first-order valence-electron chi connectivity index (χ1n) is 23.8. The summed E-state index contributed by atoms with van der Waals surface area (Å²) in [5.74, 6) is 6.94. The van der Waals surface area contributed by atoms with E-state index in [4.69, 9.17) is 37.2 Å². The maximum atomic E-state index is 10.3. The van der Waals surface area contributed by atoms with Crippen molar-refractivity contribution in [3.05, 3.63) is 120 Å². The molecule has 0 saturated heterocycles. The molecule has 10 rings (SSSR count). The second-order valence-corrected chi connectivity index (χ2v) is 18.2. The van der Waals surface area contributed by atoms with Gasteiger partial charge in [0, 0.05) is 0 Å². The fraction of sp³-hybridized carbons (Fsp3) is 0.373. The van der Waals surface area contributed by atoms with Crippen molar-refractivity contribution in [3.63, 3.8) is 0 Å². The van der Waals surface area contributed by atoms with Crippen LogP contribution in [0.25, 0.3) is 21.5 Å². The lowest BCUT2D eigenvalue weighted by Gasteiger charge is -2.22. The Morgan fingerprint density at radius 2 is 0.836 bits per heavy atom. The van der Waals surface area contributed by atoms with Gasteiger partial charge in [-0.2, -0.15) is 0 Å². The lowest BCUT2D eigenvalue weighted by molar-refractivity contribution is 0.420. The number of rotatable bonds is 6. The summed E-state index contributed by atoms with van der Waals surface area (Å²) < 4.78 is 64.5.